The predicted molar refractivity (Wildman–Crippen MR) is 436 cm³/mol. The van der Waals surface area contributed by atoms with E-state index in [4.69, 9.17) is 26.4 Å². The van der Waals surface area contributed by atoms with Gasteiger partial charge in [0.05, 0.1) is 18.9 Å². The third-order valence-corrected chi connectivity index (χ3v) is 21.8. The fourth-order valence-corrected chi connectivity index (χ4v) is 15.1. The second-order valence-corrected chi connectivity index (χ2v) is 32.0. The minimum atomic E-state index is -2.21. The first-order valence-electron chi connectivity index (χ1n) is 41.1. The van der Waals surface area contributed by atoms with Crippen LogP contribution in [0, 0.1) is 17.2 Å². The number of carbonyl (C=O) groups is 17. The van der Waals surface area contributed by atoms with E-state index in [-0.39, 0.29) is 114 Å². The zero-order chi connectivity index (χ0) is 88.6. The van der Waals surface area contributed by atoms with Crippen LogP contribution in [0.2, 0.25) is 0 Å². The molecule has 0 aliphatic carbocycles. The number of hydrogen-bond donors (Lipinski definition) is 19. The Balaban J connectivity index is 1.20. The van der Waals surface area contributed by atoms with Crippen molar-refractivity contribution >= 4 is 117 Å². The van der Waals surface area contributed by atoms with E-state index in [1.54, 1.807) is 88.5 Å². The van der Waals surface area contributed by atoms with Crippen molar-refractivity contribution in [2.75, 3.05) is 32.8 Å². The molecule has 5 fully saturated rings. The molecule has 9 rings (SSSR count). The molecule has 122 heavy (non-hydrogen) atoms. The zero-order valence-corrected chi connectivity index (χ0v) is 68.7. The maximum atomic E-state index is 15.9. The normalized spacial score (nSPS) is 25.1. The number of likely N-dealkylation sites (tertiary alicyclic amines) is 1. The van der Waals surface area contributed by atoms with E-state index in [0.717, 1.165) is 11.8 Å². The number of hydrogen-bond acceptors (Lipinski definition) is 22. The number of fused-ring (bicyclic) bond motifs is 13. The third-order valence-electron chi connectivity index (χ3n) is 21.8. The van der Waals surface area contributed by atoms with Gasteiger partial charge in [0.1, 0.15) is 97.0 Å². The Morgan fingerprint density at radius 3 is 1.94 bits per heavy atom. The first-order chi connectivity index (χ1) is 58.1. The first kappa shape index (κ1) is 93.1. The maximum Gasteiger partial charge on any atom is 0.326 e. The van der Waals surface area contributed by atoms with Crippen molar-refractivity contribution in [3.8, 4) is 5.75 Å². The van der Waals surface area contributed by atoms with Gasteiger partial charge < -0.3 is 115 Å². The molecule has 5 saturated heterocycles. The van der Waals surface area contributed by atoms with Crippen molar-refractivity contribution in [2.24, 2.45) is 23.3 Å². The smallest absolute Gasteiger partial charge is 0.326 e. The summed E-state index contributed by atoms with van der Waals surface area (Å²) in [6, 6.07) is -3.34. The van der Waals surface area contributed by atoms with Crippen molar-refractivity contribution in [3.63, 3.8) is 0 Å². The van der Waals surface area contributed by atoms with Crippen molar-refractivity contribution in [1.29, 1.82) is 5.41 Å². The van der Waals surface area contributed by atoms with E-state index in [1.807, 2.05) is 0 Å². The number of para-hydroxylation sites is 1. The van der Waals surface area contributed by atoms with Gasteiger partial charge in [-0.3, -0.25) is 82.1 Å². The van der Waals surface area contributed by atoms with Gasteiger partial charge in [0, 0.05) is 69.0 Å². The van der Waals surface area contributed by atoms with E-state index >= 15 is 43.2 Å². The van der Waals surface area contributed by atoms with Crippen molar-refractivity contribution in [3.05, 3.63) is 102 Å². The summed E-state index contributed by atoms with van der Waals surface area (Å²) in [6.45, 7) is 6.55. The number of H-pyrrole nitrogens is 1. The van der Waals surface area contributed by atoms with Crippen LogP contribution in [0.5, 0.6) is 5.75 Å². The van der Waals surface area contributed by atoms with Crippen LogP contribution in [0.1, 0.15) is 141 Å². The standard InChI is InChI=1S/C82H111N19O21/c1-42(2)34-54-70(108)90-52-28-29-64(104)121-41-60-75(113)94-58(73(111)92-54)39-65(105)122-44(5)67(99-74(112)56(37-47-40-88-50-19-10-9-18-49(47)50)95-76(114)62-23-15-33-101(62)80(118)66(83)43(3)4)78(116)96-55(35-46-24-26-48(102)27-25-46)71(109)89-51(68(106)97-59(36-45-16-7-6-8-17-45)79(117)100-32-14-22-61(100)77(115)98-60)20-11-12-30-86-63(103)38-57(93-69(52)107)72(110)91-53(81(119)120)21-13-31-87-82(84)85/h6-10,16-19,24-27,40,42-44,51-62,66-67,88,102H,11-15,20-23,28-39,41,83H2,1-5H3,(H,86,103)(H,89,109)(H,90,108)(H,91,110)(H,92,111)(H,93,107)(H,94,113)(H,95,114)(H,96,116)(H,97,106)(H,98,115)(H,99,112)(H,119,120)(H4,84,85,87). The molecule has 40 nitrogen and oxygen atoms in total. The number of carbonyl (C=O) groups excluding carboxylic acids is 16. The number of phenols is 1. The van der Waals surface area contributed by atoms with Gasteiger partial charge >= 0.3 is 17.9 Å². The summed E-state index contributed by atoms with van der Waals surface area (Å²) >= 11 is 0. The van der Waals surface area contributed by atoms with Gasteiger partial charge in [-0.15, -0.1) is 0 Å². The lowest BCUT2D eigenvalue weighted by atomic mass is 10.0. The monoisotopic (exact) mass is 1700 g/mol. The summed E-state index contributed by atoms with van der Waals surface area (Å²) in [5.41, 5.74) is 13.6. The highest BCUT2D eigenvalue weighted by Crippen LogP contribution is 2.26. The van der Waals surface area contributed by atoms with E-state index in [9.17, 15) is 48.6 Å². The molecule has 14 amide bonds. The number of guanidine groups is 1. The van der Waals surface area contributed by atoms with E-state index < -0.39 is 242 Å². The average molecular weight is 1700 g/mol. The molecule has 3 aromatic carbocycles. The quantitative estimate of drug-likeness (QED) is 0.0171. The van der Waals surface area contributed by atoms with Crippen LogP contribution in [0.25, 0.3) is 10.9 Å². The van der Waals surface area contributed by atoms with Gasteiger partial charge in [-0.05, 0) is 124 Å². The van der Waals surface area contributed by atoms with Crippen LogP contribution in [0.3, 0.4) is 0 Å². The van der Waals surface area contributed by atoms with E-state index in [2.05, 4.69) is 74.1 Å². The lowest BCUT2D eigenvalue weighted by Gasteiger charge is -2.31. The Morgan fingerprint density at radius 1 is 0.623 bits per heavy atom. The number of esters is 2. The van der Waals surface area contributed by atoms with Crippen molar-refractivity contribution < 1.29 is 101 Å². The van der Waals surface area contributed by atoms with Gasteiger partial charge in [-0.2, -0.15) is 0 Å². The van der Waals surface area contributed by atoms with Crippen LogP contribution < -0.4 is 80.6 Å². The molecule has 4 aromatic rings. The number of carboxylic acid groups (broad SMARTS) is 1. The highest BCUT2D eigenvalue weighted by Gasteiger charge is 2.45. The van der Waals surface area contributed by atoms with Crippen molar-refractivity contribution in [2.45, 2.75) is 234 Å². The summed E-state index contributed by atoms with van der Waals surface area (Å²) in [6.07, 6.45) is -5.39. The van der Waals surface area contributed by atoms with Crippen LogP contribution in [-0.4, -0.2) is 255 Å². The molecule has 4 bridgehead atoms. The average Bonchev–Trinajstić information content (AvgIpc) is 1.63. The Hall–Kier alpha value is -12.8. The number of nitrogens with one attached hydrogen (secondary N) is 15. The van der Waals surface area contributed by atoms with Crippen LogP contribution in [0.15, 0.2) is 85.1 Å². The van der Waals surface area contributed by atoms with Crippen LogP contribution in [0.4, 0.5) is 0 Å². The first-order valence-corrected chi connectivity index (χ1v) is 41.1. The molecule has 5 aliphatic rings. The lowest BCUT2D eigenvalue weighted by molar-refractivity contribution is -0.154. The number of ether oxygens (including phenoxy) is 2. The number of nitrogens with zero attached hydrogens (tertiary/aromatic N) is 2. The van der Waals surface area contributed by atoms with Crippen LogP contribution >= 0.6 is 0 Å². The molecule has 15 unspecified atom stereocenters. The van der Waals surface area contributed by atoms with Gasteiger partial charge in [0.15, 0.2) is 5.96 Å². The molecule has 0 radical (unpaired) electrons. The summed E-state index contributed by atoms with van der Waals surface area (Å²) in [7, 11) is 0. The second-order valence-electron chi connectivity index (χ2n) is 32.0. The molecule has 5 aliphatic heterocycles. The topological polar surface area (TPSA) is 604 Å². The van der Waals surface area contributed by atoms with E-state index in [0.29, 0.717) is 28.5 Å². The fraction of sp³-hybridized carbons (Fsp3) is 0.537. The summed E-state index contributed by atoms with van der Waals surface area (Å²) < 4.78 is 11.7. The minimum Gasteiger partial charge on any atom is -0.508 e. The van der Waals surface area contributed by atoms with E-state index in [1.165, 1.54) is 29.2 Å². The van der Waals surface area contributed by atoms with Gasteiger partial charge in [0.25, 0.3) is 0 Å². The SMILES string of the molecule is CC(C)CC1NC(=O)C2CC(=O)OC(C)C(NC(=O)C(Cc3c[nH]c4ccccc34)NC(=O)C3CCCN3C(=O)C(N)C(C)C)C(=O)NC(Cc3ccc(O)cc3)C(=O)NC3CCCCNC(=O)CC(C(=O)NC(CCCNC(=N)N)C(=O)O)NC(=O)C(CCC(=O)OCC(NC(=O)C4CCCN4C(=O)C(Cc4ccccc4)NC3=O)C(=O)N2)NC1=O. The van der Waals surface area contributed by atoms with Gasteiger partial charge in [0.2, 0.25) is 82.7 Å². The van der Waals surface area contributed by atoms with Gasteiger partial charge in [-0.25, -0.2) is 4.79 Å². The number of aliphatic carboxylic acids is 1. The number of rotatable bonds is 21. The largest absolute Gasteiger partial charge is 0.508 e. The number of phenolic OH excluding ortho intramolecular Hbond substituents is 1. The number of amides is 14. The molecule has 40 heteroatoms. The molecule has 6 heterocycles. The molecule has 0 saturated carbocycles. The zero-order valence-electron chi connectivity index (χ0n) is 68.7. The number of aromatic nitrogens is 1. The molecular weight excluding hydrogens is 1590 g/mol. The minimum absolute atomic E-state index is 0.00843. The Kier molecular flexibility index (Phi) is 33.5. The number of aromatic hydroxyl groups is 1. The molecule has 1 aromatic heterocycles. The fourth-order valence-electron chi connectivity index (χ4n) is 15.1. The Labute approximate surface area is 703 Å². The molecule has 21 N–H and O–H groups in total. The predicted octanol–water partition coefficient (Wildman–Crippen LogP) is -3.04. The number of benzene rings is 3. The highest BCUT2D eigenvalue weighted by molar-refractivity contribution is 6.02. The lowest BCUT2D eigenvalue weighted by Crippen LogP contribution is -2.62. The summed E-state index contributed by atoms with van der Waals surface area (Å²) in [5, 5.41) is 62.3. The van der Waals surface area contributed by atoms with Gasteiger partial charge in [-0.1, -0.05) is 88.4 Å². The molecular formula is C82H111N19O21. The molecule has 15 atom stereocenters. The Morgan fingerprint density at radius 2 is 1.24 bits per heavy atom. The third kappa shape index (κ3) is 26.4. The number of cyclic esters (lactones) is 1. The van der Waals surface area contributed by atoms with Crippen molar-refractivity contribution in [1.82, 2.24) is 83.9 Å². The Bertz CT molecular complexity index is 4510. The number of aromatic amines is 1. The number of carboxylic acids is 1. The summed E-state index contributed by atoms with van der Waals surface area (Å²) in [5.74, 6) is -20.6. The molecule has 660 valence electrons. The highest BCUT2D eigenvalue weighted by atomic mass is 16.5. The van der Waals surface area contributed by atoms with Crippen LogP contribution in [-0.2, 0) is 110 Å². The number of nitrogens with two attached hydrogens (primary N) is 2. The summed E-state index contributed by atoms with van der Waals surface area (Å²) in [4.78, 5) is 259. The second kappa shape index (κ2) is 44.0. The maximum absolute atomic E-state index is 15.9. The molecule has 0 spiro atoms.